The van der Waals surface area contributed by atoms with E-state index in [9.17, 15) is 9.59 Å². The van der Waals surface area contributed by atoms with Crippen LogP contribution in [-0.4, -0.2) is 27.4 Å². The number of rotatable bonds is 3. The minimum atomic E-state index is -0.147. The Morgan fingerprint density at radius 2 is 2.20 bits per heavy atom. The van der Waals surface area contributed by atoms with Gasteiger partial charge in [0, 0.05) is 7.05 Å². The molecule has 0 aliphatic heterocycles. The van der Waals surface area contributed by atoms with Crippen molar-refractivity contribution in [2.75, 3.05) is 7.05 Å². The van der Waals surface area contributed by atoms with Crippen molar-refractivity contribution in [3.63, 3.8) is 0 Å². The van der Waals surface area contributed by atoms with Gasteiger partial charge in [-0.15, -0.1) is 11.3 Å². The van der Waals surface area contributed by atoms with Crippen molar-refractivity contribution in [2.45, 2.75) is 31.8 Å². The molecule has 0 saturated heterocycles. The lowest BCUT2D eigenvalue weighted by Crippen LogP contribution is -2.37. The quantitative estimate of drug-likeness (QED) is 0.727. The van der Waals surface area contributed by atoms with Crippen molar-refractivity contribution < 1.29 is 4.79 Å². The van der Waals surface area contributed by atoms with Crippen molar-refractivity contribution in [3.05, 3.63) is 63.5 Å². The third-order valence-electron chi connectivity index (χ3n) is 4.94. The summed E-state index contributed by atoms with van der Waals surface area (Å²) in [4.78, 5) is 31.3. The van der Waals surface area contributed by atoms with Crippen LogP contribution in [0, 0.1) is 0 Å². The second-order valence-corrected chi connectivity index (χ2v) is 7.34. The molecule has 0 spiro atoms. The molecule has 0 fully saturated rings. The number of benzene rings is 1. The molecule has 0 radical (unpaired) electrons. The monoisotopic (exact) mass is 353 g/mol. The number of carbonyl (C=O) groups excluding carboxylic acids is 1. The highest BCUT2D eigenvalue weighted by molar-refractivity contribution is 7.17. The van der Waals surface area contributed by atoms with Gasteiger partial charge in [0.1, 0.15) is 11.2 Å². The molecule has 1 aromatic carbocycles. The van der Waals surface area contributed by atoms with Crippen LogP contribution in [0.4, 0.5) is 0 Å². The first kappa shape index (κ1) is 16.0. The Bertz CT molecular complexity index is 991. The summed E-state index contributed by atoms with van der Waals surface area (Å²) in [7, 11) is 1.83. The molecule has 1 atom stereocenters. The number of likely N-dealkylation sites (N-methyl/N-ethyl adjacent to an activating group) is 1. The van der Waals surface area contributed by atoms with Crippen LogP contribution in [-0.2, 0) is 17.8 Å². The lowest BCUT2D eigenvalue weighted by atomic mass is 9.87. The summed E-state index contributed by atoms with van der Waals surface area (Å²) in [5, 5.41) is 1.84. The zero-order valence-electron chi connectivity index (χ0n) is 14.0. The molecule has 3 aromatic rings. The maximum absolute atomic E-state index is 12.8. The van der Waals surface area contributed by atoms with E-state index >= 15 is 0 Å². The molecule has 0 N–H and O–H groups in total. The summed E-state index contributed by atoms with van der Waals surface area (Å²) in [5.74, 6) is -0.0680. The second-order valence-electron chi connectivity index (χ2n) is 6.42. The number of carbonyl (C=O) groups is 1. The summed E-state index contributed by atoms with van der Waals surface area (Å²) >= 11 is 1.36. The van der Waals surface area contributed by atoms with E-state index in [-0.39, 0.29) is 24.1 Å². The summed E-state index contributed by atoms with van der Waals surface area (Å²) in [6.45, 7) is 0.0227. The molecule has 1 aliphatic carbocycles. The predicted molar refractivity (Wildman–Crippen MR) is 98.8 cm³/mol. The third kappa shape index (κ3) is 2.87. The number of thiophene rings is 1. The molecule has 1 unspecified atom stereocenters. The van der Waals surface area contributed by atoms with Gasteiger partial charge in [0.15, 0.2) is 0 Å². The molecule has 0 saturated carbocycles. The number of aromatic nitrogens is 2. The predicted octanol–water partition coefficient (Wildman–Crippen LogP) is 2.99. The standard InChI is InChI=1S/C19H19N3O2S/c1-21(16-8-4-6-13-5-2-3-7-14(13)16)17(23)11-22-12-20-15-9-10-25-18(15)19(22)24/h2-3,5,7,9-10,12,16H,4,6,8,11H2,1H3. The lowest BCUT2D eigenvalue weighted by Gasteiger charge is -2.33. The van der Waals surface area contributed by atoms with E-state index in [0.29, 0.717) is 10.2 Å². The van der Waals surface area contributed by atoms with E-state index in [4.69, 9.17) is 0 Å². The number of hydrogen-bond acceptors (Lipinski definition) is 4. The molecule has 128 valence electrons. The smallest absolute Gasteiger partial charge is 0.271 e. The molecular formula is C19H19N3O2S. The maximum Gasteiger partial charge on any atom is 0.271 e. The van der Waals surface area contributed by atoms with Crippen molar-refractivity contribution in [2.24, 2.45) is 0 Å². The van der Waals surface area contributed by atoms with Gasteiger partial charge in [-0.1, -0.05) is 24.3 Å². The largest absolute Gasteiger partial charge is 0.337 e. The van der Waals surface area contributed by atoms with Gasteiger partial charge < -0.3 is 4.90 Å². The van der Waals surface area contributed by atoms with Crippen molar-refractivity contribution in [3.8, 4) is 0 Å². The van der Waals surface area contributed by atoms with Crippen LogP contribution >= 0.6 is 11.3 Å². The van der Waals surface area contributed by atoms with Crippen LogP contribution in [0.15, 0.2) is 46.8 Å². The highest BCUT2D eigenvalue weighted by atomic mass is 32.1. The van der Waals surface area contributed by atoms with E-state index in [1.54, 1.807) is 4.90 Å². The molecule has 25 heavy (non-hydrogen) atoms. The summed E-state index contributed by atoms with van der Waals surface area (Å²) in [6.07, 6.45) is 4.56. The van der Waals surface area contributed by atoms with Crippen molar-refractivity contribution in [1.29, 1.82) is 0 Å². The maximum atomic E-state index is 12.8. The number of amides is 1. The van der Waals surface area contributed by atoms with Gasteiger partial charge in [-0.2, -0.15) is 0 Å². The van der Waals surface area contributed by atoms with E-state index in [1.165, 1.54) is 33.4 Å². The van der Waals surface area contributed by atoms with Crippen LogP contribution in [0.1, 0.15) is 30.0 Å². The average Bonchev–Trinajstić information content (AvgIpc) is 3.12. The van der Waals surface area contributed by atoms with Crippen LogP contribution in [0.25, 0.3) is 10.2 Å². The van der Waals surface area contributed by atoms with Crippen LogP contribution in [0.2, 0.25) is 0 Å². The van der Waals surface area contributed by atoms with Crippen LogP contribution in [0.3, 0.4) is 0 Å². The Labute approximate surface area is 149 Å². The van der Waals surface area contributed by atoms with Gasteiger partial charge in [0.05, 0.1) is 17.9 Å². The first-order chi connectivity index (χ1) is 12.1. The number of fused-ring (bicyclic) bond motifs is 2. The minimum absolute atomic E-state index is 0.0227. The minimum Gasteiger partial charge on any atom is -0.337 e. The van der Waals surface area contributed by atoms with E-state index in [0.717, 1.165) is 19.3 Å². The zero-order valence-corrected chi connectivity index (χ0v) is 14.8. The molecule has 2 heterocycles. The molecule has 4 rings (SSSR count). The third-order valence-corrected chi connectivity index (χ3v) is 5.83. The Kier molecular flexibility index (Phi) is 4.13. The second kappa shape index (κ2) is 6.44. The Balaban J connectivity index is 1.59. The zero-order chi connectivity index (χ0) is 17.4. The first-order valence-electron chi connectivity index (χ1n) is 8.41. The SMILES string of the molecule is CN(C(=O)Cn1cnc2ccsc2c1=O)C1CCCc2ccccc21. The van der Waals surface area contributed by atoms with Gasteiger partial charge in [0.2, 0.25) is 5.91 Å². The van der Waals surface area contributed by atoms with Gasteiger partial charge in [-0.05, 0) is 41.8 Å². The normalized spacial score (nSPS) is 16.6. The topological polar surface area (TPSA) is 55.2 Å². The Morgan fingerprint density at radius 3 is 3.08 bits per heavy atom. The van der Waals surface area contributed by atoms with Crippen molar-refractivity contribution >= 4 is 27.5 Å². The van der Waals surface area contributed by atoms with Crippen LogP contribution < -0.4 is 5.56 Å². The molecular weight excluding hydrogens is 334 g/mol. The summed E-state index contributed by atoms with van der Waals surface area (Å²) in [6, 6.07) is 10.2. The molecule has 0 bridgehead atoms. The number of nitrogens with zero attached hydrogens (tertiary/aromatic N) is 3. The highest BCUT2D eigenvalue weighted by Gasteiger charge is 2.26. The van der Waals surface area contributed by atoms with E-state index < -0.39 is 0 Å². The Morgan fingerprint density at radius 1 is 1.36 bits per heavy atom. The Hall–Kier alpha value is -2.47. The summed E-state index contributed by atoms with van der Waals surface area (Å²) < 4.78 is 2.01. The van der Waals surface area contributed by atoms with Gasteiger partial charge in [-0.25, -0.2) is 4.98 Å². The number of hydrogen-bond donors (Lipinski definition) is 0. The molecule has 2 aromatic heterocycles. The van der Waals surface area contributed by atoms with Crippen LogP contribution in [0.5, 0.6) is 0 Å². The van der Waals surface area contributed by atoms with Gasteiger partial charge in [0.25, 0.3) is 5.56 Å². The fourth-order valence-corrected chi connectivity index (χ4v) is 4.35. The molecule has 5 nitrogen and oxygen atoms in total. The first-order valence-corrected chi connectivity index (χ1v) is 9.29. The van der Waals surface area contributed by atoms with E-state index in [1.807, 2.05) is 30.6 Å². The average molecular weight is 353 g/mol. The van der Waals surface area contributed by atoms with E-state index in [2.05, 4.69) is 17.1 Å². The molecule has 6 heteroatoms. The van der Waals surface area contributed by atoms with Gasteiger partial charge in [-0.3, -0.25) is 14.2 Å². The summed E-state index contributed by atoms with van der Waals surface area (Å²) in [5.41, 5.74) is 3.08. The molecule has 1 aliphatic rings. The molecule has 1 amide bonds. The lowest BCUT2D eigenvalue weighted by molar-refractivity contribution is -0.133. The highest BCUT2D eigenvalue weighted by Crippen LogP contribution is 2.33. The number of aryl methyl sites for hydroxylation is 1. The fourth-order valence-electron chi connectivity index (χ4n) is 3.55. The van der Waals surface area contributed by atoms with Gasteiger partial charge >= 0.3 is 0 Å². The van der Waals surface area contributed by atoms with Crippen molar-refractivity contribution in [1.82, 2.24) is 14.5 Å². The fraction of sp³-hybridized carbons (Fsp3) is 0.316.